The molecule has 50 heavy (non-hydrogen) atoms. The molecule has 0 fully saturated rings. The summed E-state index contributed by atoms with van der Waals surface area (Å²) in [6.07, 6.45) is 0. The first-order valence-electron chi connectivity index (χ1n) is 17.1. The third-order valence-corrected chi connectivity index (χ3v) is 10.7. The van der Waals surface area contributed by atoms with E-state index in [0.29, 0.717) is 5.56 Å². The second-order valence-electron chi connectivity index (χ2n) is 13.2. The summed E-state index contributed by atoms with van der Waals surface area (Å²) < 4.78 is 0. The smallest absolute Gasteiger partial charge is 0.0991 e. The second kappa shape index (κ2) is 10.9. The molecule has 1 spiro atoms. The lowest BCUT2D eigenvalue weighted by molar-refractivity contribution is 0.793. The fourth-order valence-electron chi connectivity index (χ4n) is 8.69. The van der Waals surface area contributed by atoms with Crippen molar-refractivity contribution in [2.24, 2.45) is 0 Å². The van der Waals surface area contributed by atoms with Crippen LogP contribution < -0.4 is 4.90 Å². The third kappa shape index (κ3) is 3.89. The van der Waals surface area contributed by atoms with Crippen LogP contribution in [0, 0.1) is 11.3 Å². The number of anilines is 3. The van der Waals surface area contributed by atoms with Gasteiger partial charge in [-0.1, -0.05) is 140 Å². The van der Waals surface area contributed by atoms with Crippen molar-refractivity contribution in [3.63, 3.8) is 0 Å². The van der Waals surface area contributed by atoms with Crippen LogP contribution in [-0.2, 0) is 5.41 Å². The maximum absolute atomic E-state index is 9.72. The molecule has 2 heteroatoms. The van der Waals surface area contributed by atoms with E-state index in [1.165, 1.54) is 60.8 Å². The number of hydrogen-bond donors (Lipinski definition) is 0. The van der Waals surface area contributed by atoms with Gasteiger partial charge in [0.05, 0.1) is 22.7 Å². The molecule has 0 aliphatic heterocycles. The Labute approximate surface area is 291 Å². The fourth-order valence-corrected chi connectivity index (χ4v) is 8.69. The van der Waals surface area contributed by atoms with Gasteiger partial charge in [0.15, 0.2) is 0 Å². The number of rotatable bonds is 4. The van der Waals surface area contributed by atoms with Crippen LogP contribution in [0.25, 0.3) is 44.2 Å². The van der Waals surface area contributed by atoms with Gasteiger partial charge in [0.25, 0.3) is 0 Å². The highest BCUT2D eigenvalue weighted by molar-refractivity contribution is 6.06. The molecule has 0 atom stereocenters. The number of nitrogens with zero attached hydrogens (tertiary/aromatic N) is 2. The standard InChI is InChI=1S/C48H30N2/c49-31-32-22-25-35(26-23-32)50(46-29-24-33-12-4-5-15-37(33)47(46)34-13-2-1-3-14-34)36-27-28-41-40-18-8-11-21-44(40)48(45(41)30-36)42-19-9-6-16-38(42)39-17-7-10-20-43(39)48/h1-30H. The topological polar surface area (TPSA) is 27.0 Å². The fraction of sp³-hybridized carbons (Fsp3) is 0.0208. The first-order valence-corrected chi connectivity index (χ1v) is 17.1. The molecule has 232 valence electrons. The first-order chi connectivity index (χ1) is 24.8. The minimum absolute atomic E-state index is 0.447. The monoisotopic (exact) mass is 634 g/mol. The van der Waals surface area contributed by atoms with Crippen molar-refractivity contribution in [3.05, 3.63) is 210 Å². The summed E-state index contributed by atoms with van der Waals surface area (Å²) >= 11 is 0. The summed E-state index contributed by atoms with van der Waals surface area (Å²) in [5.41, 5.74) is 16.0. The first kappa shape index (κ1) is 28.3. The van der Waals surface area contributed by atoms with E-state index in [0.717, 1.165) is 22.6 Å². The Hall–Kier alpha value is -6.69. The van der Waals surface area contributed by atoms with E-state index < -0.39 is 5.41 Å². The summed E-state index contributed by atoms with van der Waals surface area (Å²) in [5.74, 6) is 0. The maximum Gasteiger partial charge on any atom is 0.0991 e. The van der Waals surface area contributed by atoms with Crippen molar-refractivity contribution >= 4 is 27.8 Å². The van der Waals surface area contributed by atoms with Crippen LogP contribution in [0.2, 0.25) is 0 Å². The van der Waals surface area contributed by atoms with Gasteiger partial charge >= 0.3 is 0 Å². The molecule has 8 aromatic rings. The van der Waals surface area contributed by atoms with Gasteiger partial charge in [0.1, 0.15) is 0 Å². The molecular formula is C48H30N2. The molecule has 8 aromatic carbocycles. The minimum Gasteiger partial charge on any atom is -0.310 e. The van der Waals surface area contributed by atoms with Crippen molar-refractivity contribution in [2.75, 3.05) is 4.90 Å². The van der Waals surface area contributed by atoms with E-state index in [-0.39, 0.29) is 0 Å². The van der Waals surface area contributed by atoms with Gasteiger partial charge in [-0.25, -0.2) is 0 Å². The van der Waals surface area contributed by atoms with Crippen LogP contribution in [0.1, 0.15) is 27.8 Å². The quantitative estimate of drug-likeness (QED) is 0.193. The number of fused-ring (bicyclic) bond motifs is 11. The van der Waals surface area contributed by atoms with Gasteiger partial charge in [0, 0.05) is 16.9 Å². The Morgan fingerprint density at radius 2 is 0.980 bits per heavy atom. The van der Waals surface area contributed by atoms with E-state index in [9.17, 15) is 5.26 Å². The Balaban J connectivity index is 1.29. The molecule has 2 aliphatic carbocycles. The summed E-state index contributed by atoms with van der Waals surface area (Å²) in [5, 5.41) is 12.1. The van der Waals surface area contributed by atoms with Gasteiger partial charge in [-0.3, -0.25) is 0 Å². The van der Waals surface area contributed by atoms with E-state index in [2.05, 4.69) is 181 Å². The normalized spacial score (nSPS) is 12.9. The van der Waals surface area contributed by atoms with Crippen LogP contribution >= 0.6 is 0 Å². The molecule has 2 nitrogen and oxygen atoms in total. The molecule has 2 aliphatic rings. The summed E-state index contributed by atoms with van der Waals surface area (Å²) in [7, 11) is 0. The van der Waals surface area contributed by atoms with E-state index in [1.54, 1.807) is 0 Å². The van der Waals surface area contributed by atoms with Gasteiger partial charge in [0.2, 0.25) is 0 Å². The zero-order chi connectivity index (χ0) is 33.2. The second-order valence-corrected chi connectivity index (χ2v) is 13.2. The molecular weight excluding hydrogens is 605 g/mol. The molecule has 0 saturated carbocycles. The van der Waals surface area contributed by atoms with Crippen LogP contribution in [-0.4, -0.2) is 0 Å². The Morgan fingerprint density at radius 3 is 1.62 bits per heavy atom. The number of hydrogen-bond acceptors (Lipinski definition) is 2. The largest absolute Gasteiger partial charge is 0.310 e. The molecule has 0 amide bonds. The average molecular weight is 635 g/mol. The van der Waals surface area contributed by atoms with Crippen molar-refractivity contribution in [1.29, 1.82) is 5.26 Å². The number of benzene rings is 8. The molecule has 0 N–H and O–H groups in total. The minimum atomic E-state index is -0.447. The summed E-state index contributed by atoms with van der Waals surface area (Å²) in [6, 6.07) is 67.9. The van der Waals surface area contributed by atoms with E-state index in [4.69, 9.17) is 0 Å². The van der Waals surface area contributed by atoms with E-state index >= 15 is 0 Å². The number of nitriles is 1. The highest BCUT2D eigenvalue weighted by Gasteiger charge is 2.51. The maximum atomic E-state index is 9.72. The van der Waals surface area contributed by atoms with Crippen molar-refractivity contribution < 1.29 is 0 Å². The Kier molecular flexibility index (Phi) is 6.19. The summed E-state index contributed by atoms with van der Waals surface area (Å²) in [4.78, 5) is 2.37. The third-order valence-electron chi connectivity index (χ3n) is 10.7. The molecule has 0 saturated heterocycles. The highest BCUT2D eigenvalue weighted by atomic mass is 15.1. The Bertz CT molecular complexity index is 2600. The Morgan fingerprint density at radius 1 is 0.440 bits per heavy atom. The predicted molar refractivity (Wildman–Crippen MR) is 205 cm³/mol. The van der Waals surface area contributed by atoms with Crippen LogP contribution in [0.4, 0.5) is 17.1 Å². The highest BCUT2D eigenvalue weighted by Crippen LogP contribution is 2.63. The lowest BCUT2D eigenvalue weighted by Crippen LogP contribution is -2.26. The van der Waals surface area contributed by atoms with Crippen LogP contribution in [0.3, 0.4) is 0 Å². The van der Waals surface area contributed by atoms with Crippen molar-refractivity contribution in [1.82, 2.24) is 0 Å². The van der Waals surface area contributed by atoms with Gasteiger partial charge in [-0.2, -0.15) is 5.26 Å². The zero-order valence-electron chi connectivity index (χ0n) is 27.2. The lowest BCUT2D eigenvalue weighted by atomic mass is 9.70. The average Bonchev–Trinajstić information content (AvgIpc) is 3.66. The van der Waals surface area contributed by atoms with Gasteiger partial charge < -0.3 is 4.90 Å². The lowest BCUT2D eigenvalue weighted by Gasteiger charge is -2.33. The molecule has 0 bridgehead atoms. The zero-order valence-corrected chi connectivity index (χ0v) is 27.2. The molecule has 0 radical (unpaired) electrons. The van der Waals surface area contributed by atoms with Crippen LogP contribution in [0.15, 0.2) is 182 Å². The van der Waals surface area contributed by atoms with E-state index in [1.807, 2.05) is 12.1 Å². The molecule has 10 rings (SSSR count). The van der Waals surface area contributed by atoms with Crippen molar-refractivity contribution in [2.45, 2.75) is 5.41 Å². The summed E-state index contributed by atoms with van der Waals surface area (Å²) in [6.45, 7) is 0. The van der Waals surface area contributed by atoms with Crippen LogP contribution in [0.5, 0.6) is 0 Å². The van der Waals surface area contributed by atoms with Gasteiger partial charge in [-0.15, -0.1) is 0 Å². The molecule has 0 unspecified atom stereocenters. The van der Waals surface area contributed by atoms with Crippen molar-refractivity contribution in [3.8, 4) is 39.4 Å². The predicted octanol–water partition coefficient (Wildman–Crippen LogP) is 12.2. The molecule has 0 aromatic heterocycles. The molecule has 0 heterocycles. The SMILES string of the molecule is N#Cc1ccc(N(c2ccc3c(c2)C2(c4ccccc4-c4ccccc42)c2ccccc2-3)c2ccc3ccccc3c2-c2ccccc2)cc1. The van der Waals surface area contributed by atoms with Gasteiger partial charge in [-0.05, 0) is 103 Å².